The van der Waals surface area contributed by atoms with Crippen LogP contribution in [-0.4, -0.2) is 17.2 Å². The summed E-state index contributed by atoms with van der Waals surface area (Å²) in [6.45, 7) is 0. The van der Waals surface area contributed by atoms with Crippen LogP contribution in [0.25, 0.3) is 0 Å². The van der Waals surface area contributed by atoms with Crippen molar-refractivity contribution >= 4 is 23.7 Å². The third-order valence-corrected chi connectivity index (χ3v) is 3.08. The van der Waals surface area contributed by atoms with Gasteiger partial charge >= 0.3 is 6.18 Å². The second-order valence-electron chi connectivity index (χ2n) is 4.60. The highest BCUT2D eigenvalue weighted by Gasteiger charge is 2.35. The third kappa shape index (κ3) is 4.23. The fourth-order valence-corrected chi connectivity index (χ4v) is 2.02. The largest absolute Gasteiger partial charge is 0.507 e. The van der Waals surface area contributed by atoms with E-state index in [-0.39, 0.29) is 16.1 Å². The lowest BCUT2D eigenvalue weighted by Gasteiger charge is -2.11. The van der Waals surface area contributed by atoms with Crippen molar-refractivity contribution < 1.29 is 27.5 Å². The van der Waals surface area contributed by atoms with Crippen molar-refractivity contribution in [1.82, 2.24) is 5.43 Å². The first kappa shape index (κ1) is 17.7. The molecule has 24 heavy (non-hydrogen) atoms. The Morgan fingerprint density at radius 1 is 1.25 bits per heavy atom. The monoisotopic (exact) mass is 360 g/mol. The number of nitrogens with one attached hydrogen (secondary N) is 1. The number of amides is 1. The highest BCUT2D eigenvalue weighted by molar-refractivity contribution is 6.31. The van der Waals surface area contributed by atoms with E-state index in [0.29, 0.717) is 6.07 Å². The van der Waals surface area contributed by atoms with Gasteiger partial charge in [0.05, 0.1) is 11.8 Å². The number of aromatic hydroxyl groups is 1. The molecule has 0 spiro atoms. The van der Waals surface area contributed by atoms with Gasteiger partial charge in [-0.2, -0.15) is 18.3 Å². The van der Waals surface area contributed by atoms with Crippen molar-refractivity contribution in [2.45, 2.75) is 6.18 Å². The van der Waals surface area contributed by atoms with Gasteiger partial charge in [0.25, 0.3) is 5.91 Å². The maximum atomic E-state index is 13.0. The molecule has 2 aromatic rings. The van der Waals surface area contributed by atoms with E-state index >= 15 is 0 Å². The SMILES string of the molecule is O=C(NN=Cc1cc(Cl)cc(C(F)(F)F)c1O)c1cccc(F)c1. The van der Waals surface area contributed by atoms with E-state index in [1.807, 2.05) is 5.43 Å². The smallest absolute Gasteiger partial charge is 0.420 e. The van der Waals surface area contributed by atoms with Crippen molar-refractivity contribution in [3.63, 3.8) is 0 Å². The molecule has 2 N–H and O–H groups in total. The van der Waals surface area contributed by atoms with Crippen LogP contribution in [0.15, 0.2) is 41.5 Å². The first-order valence-electron chi connectivity index (χ1n) is 6.37. The standard InChI is InChI=1S/C15H9ClF4N2O2/c16-10-4-9(13(23)12(6-10)15(18,19)20)7-21-22-14(24)8-2-1-3-11(17)5-8/h1-7,23H,(H,22,24). The number of benzene rings is 2. The second-order valence-corrected chi connectivity index (χ2v) is 5.03. The van der Waals surface area contributed by atoms with E-state index in [1.54, 1.807) is 0 Å². The fraction of sp³-hybridized carbons (Fsp3) is 0.0667. The number of hydrogen-bond donors (Lipinski definition) is 2. The molecule has 4 nitrogen and oxygen atoms in total. The fourth-order valence-electron chi connectivity index (χ4n) is 1.79. The van der Waals surface area contributed by atoms with Crippen molar-refractivity contribution in [3.8, 4) is 5.75 Å². The minimum atomic E-state index is -4.80. The topological polar surface area (TPSA) is 61.7 Å². The zero-order valence-corrected chi connectivity index (χ0v) is 12.5. The molecule has 1 amide bonds. The summed E-state index contributed by atoms with van der Waals surface area (Å²) in [6, 6.07) is 6.36. The number of rotatable bonds is 3. The third-order valence-electron chi connectivity index (χ3n) is 2.87. The zero-order valence-electron chi connectivity index (χ0n) is 11.7. The number of alkyl halides is 3. The highest BCUT2D eigenvalue weighted by atomic mass is 35.5. The molecule has 0 aliphatic heterocycles. The van der Waals surface area contributed by atoms with Crippen LogP contribution in [0, 0.1) is 5.82 Å². The number of hydrazone groups is 1. The van der Waals surface area contributed by atoms with Crippen LogP contribution >= 0.6 is 11.6 Å². The van der Waals surface area contributed by atoms with Crippen LogP contribution in [-0.2, 0) is 6.18 Å². The van der Waals surface area contributed by atoms with Gasteiger partial charge in [-0.25, -0.2) is 9.82 Å². The Kier molecular flexibility index (Phi) is 5.08. The molecular formula is C15H9ClF4N2O2. The molecule has 0 saturated heterocycles. The van der Waals surface area contributed by atoms with Crippen LogP contribution < -0.4 is 5.43 Å². The van der Waals surface area contributed by atoms with Gasteiger partial charge in [0.2, 0.25) is 0 Å². The van der Waals surface area contributed by atoms with E-state index in [2.05, 4.69) is 5.10 Å². The predicted molar refractivity (Wildman–Crippen MR) is 79.6 cm³/mol. The van der Waals surface area contributed by atoms with E-state index in [0.717, 1.165) is 24.4 Å². The van der Waals surface area contributed by atoms with Gasteiger partial charge in [-0.15, -0.1) is 0 Å². The van der Waals surface area contributed by atoms with Gasteiger partial charge in [0, 0.05) is 16.1 Å². The van der Waals surface area contributed by atoms with Crippen molar-refractivity contribution in [3.05, 3.63) is 63.9 Å². The molecule has 0 aliphatic rings. The molecule has 126 valence electrons. The average molecular weight is 361 g/mol. The molecule has 0 saturated carbocycles. The van der Waals surface area contributed by atoms with Crippen molar-refractivity contribution in [2.75, 3.05) is 0 Å². The minimum Gasteiger partial charge on any atom is -0.507 e. The van der Waals surface area contributed by atoms with Gasteiger partial charge in [-0.1, -0.05) is 17.7 Å². The first-order valence-corrected chi connectivity index (χ1v) is 6.75. The van der Waals surface area contributed by atoms with Gasteiger partial charge in [0.1, 0.15) is 11.6 Å². The van der Waals surface area contributed by atoms with Gasteiger partial charge in [-0.3, -0.25) is 4.79 Å². The quantitative estimate of drug-likeness (QED) is 0.494. The van der Waals surface area contributed by atoms with Gasteiger partial charge in [-0.05, 0) is 30.3 Å². The lowest BCUT2D eigenvalue weighted by Crippen LogP contribution is -2.17. The van der Waals surface area contributed by atoms with Crippen LogP contribution in [0.3, 0.4) is 0 Å². The highest BCUT2D eigenvalue weighted by Crippen LogP contribution is 2.38. The molecule has 0 aliphatic carbocycles. The molecule has 0 radical (unpaired) electrons. The van der Waals surface area contributed by atoms with Crippen molar-refractivity contribution in [1.29, 1.82) is 0 Å². The number of nitrogens with zero attached hydrogens (tertiary/aromatic N) is 1. The van der Waals surface area contributed by atoms with E-state index in [9.17, 15) is 27.5 Å². The molecule has 2 aromatic carbocycles. The van der Waals surface area contributed by atoms with Crippen molar-refractivity contribution in [2.24, 2.45) is 5.10 Å². The maximum Gasteiger partial charge on any atom is 0.420 e. The average Bonchev–Trinajstić information content (AvgIpc) is 2.49. The Morgan fingerprint density at radius 2 is 1.96 bits per heavy atom. The summed E-state index contributed by atoms with van der Waals surface area (Å²) in [7, 11) is 0. The summed E-state index contributed by atoms with van der Waals surface area (Å²) >= 11 is 5.58. The summed E-state index contributed by atoms with van der Waals surface area (Å²) in [4.78, 5) is 11.7. The Morgan fingerprint density at radius 3 is 2.58 bits per heavy atom. The first-order chi connectivity index (χ1) is 11.2. The van der Waals surface area contributed by atoms with Crippen LogP contribution in [0.5, 0.6) is 5.75 Å². The number of carbonyl (C=O) groups excluding carboxylic acids is 1. The molecule has 0 aromatic heterocycles. The lowest BCUT2D eigenvalue weighted by atomic mass is 10.1. The Hall–Kier alpha value is -2.61. The summed E-state index contributed by atoms with van der Waals surface area (Å²) in [6.07, 6.45) is -4.00. The van der Waals surface area contributed by atoms with Gasteiger partial charge < -0.3 is 5.11 Å². The molecule has 0 unspecified atom stereocenters. The Balaban J connectivity index is 2.21. The maximum absolute atomic E-state index is 13.0. The van der Waals surface area contributed by atoms with E-state index < -0.39 is 29.2 Å². The van der Waals surface area contributed by atoms with Crippen LogP contribution in [0.2, 0.25) is 5.02 Å². The molecule has 0 atom stereocenters. The number of phenols is 1. The second kappa shape index (κ2) is 6.88. The molecule has 9 heteroatoms. The number of hydrogen-bond acceptors (Lipinski definition) is 3. The number of phenolic OH excluding ortho intramolecular Hbond substituents is 1. The Labute approximate surface area is 138 Å². The molecule has 2 rings (SSSR count). The molecular weight excluding hydrogens is 352 g/mol. The zero-order chi connectivity index (χ0) is 17.9. The predicted octanol–water partition coefficient (Wildman–Crippen LogP) is 3.97. The number of halogens is 5. The normalized spacial score (nSPS) is 11.7. The molecule has 0 fully saturated rings. The number of carbonyl (C=O) groups is 1. The Bertz CT molecular complexity index is 807. The van der Waals surface area contributed by atoms with E-state index in [1.165, 1.54) is 12.1 Å². The van der Waals surface area contributed by atoms with Gasteiger partial charge in [0.15, 0.2) is 0 Å². The summed E-state index contributed by atoms with van der Waals surface area (Å²) in [5.41, 5.74) is 0.314. The summed E-state index contributed by atoms with van der Waals surface area (Å²) in [5.74, 6) is -2.48. The molecule has 0 bridgehead atoms. The van der Waals surface area contributed by atoms with Crippen LogP contribution in [0.4, 0.5) is 17.6 Å². The summed E-state index contributed by atoms with van der Waals surface area (Å²) < 4.78 is 51.2. The minimum absolute atomic E-state index is 0.0292. The van der Waals surface area contributed by atoms with E-state index in [4.69, 9.17) is 11.6 Å². The summed E-state index contributed by atoms with van der Waals surface area (Å²) in [5, 5.41) is 12.8. The molecule has 0 heterocycles. The lowest BCUT2D eigenvalue weighted by molar-refractivity contribution is -0.138. The van der Waals surface area contributed by atoms with Crippen LogP contribution in [0.1, 0.15) is 21.5 Å².